The molecule has 22 heavy (non-hydrogen) atoms. The van der Waals surface area contributed by atoms with Crippen molar-refractivity contribution in [3.05, 3.63) is 28.7 Å². The average Bonchev–Trinajstić information content (AvgIpc) is 2.40. The molecule has 1 atom stereocenters. The molecule has 0 fully saturated rings. The molecule has 1 rings (SSSR count). The lowest BCUT2D eigenvalue weighted by molar-refractivity contribution is -0.122. The molecule has 1 amide bonds. The van der Waals surface area contributed by atoms with Crippen molar-refractivity contribution < 1.29 is 13.2 Å². The minimum absolute atomic E-state index is 0.0261. The number of amides is 1. The van der Waals surface area contributed by atoms with Gasteiger partial charge in [-0.3, -0.25) is 9.59 Å². The second kappa shape index (κ2) is 7.06. The Labute approximate surface area is 131 Å². The fourth-order valence-electron chi connectivity index (χ4n) is 1.62. The van der Waals surface area contributed by atoms with Gasteiger partial charge in [0.25, 0.3) is 5.56 Å². The maximum absolute atomic E-state index is 12.1. The third-order valence-corrected chi connectivity index (χ3v) is 5.24. The summed E-state index contributed by atoms with van der Waals surface area (Å²) in [5.74, 6) is -0.0659. The van der Waals surface area contributed by atoms with Gasteiger partial charge in [0.15, 0.2) is 0 Å². The van der Waals surface area contributed by atoms with Gasteiger partial charge in [0.2, 0.25) is 15.9 Å². The van der Waals surface area contributed by atoms with Gasteiger partial charge in [0.1, 0.15) is 6.54 Å². The first-order valence-electron chi connectivity index (χ1n) is 6.98. The highest BCUT2D eigenvalue weighted by Gasteiger charge is 2.19. The number of carbonyl (C=O) groups is 1. The second-order valence-electron chi connectivity index (χ2n) is 5.72. The molecule has 1 aromatic rings. The highest BCUT2D eigenvalue weighted by molar-refractivity contribution is 7.89. The smallest absolute Gasteiger partial charge is 0.251 e. The van der Waals surface area contributed by atoms with E-state index in [0.29, 0.717) is 0 Å². The second-order valence-corrected chi connectivity index (χ2v) is 7.87. The topological polar surface area (TPSA) is 88.5 Å². The summed E-state index contributed by atoms with van der Waals surface area (Å²) in [5, 5.41) is 2.78. The molecule has 7 nitrogen and oxygen atoms in total. The largest absolute Gasteiger partial charge is 0.352 e. The van der Waals surface area contributed by atoms with Gasteiger partial charge < -0.3 is 9.88 Å². The number of sulfonamides is 1. The van der Waals surface area contributed by atoms with Crippen LogP contribution in [0.2, 0.25) is 0 Å². The summed E-state index contributed by atoms with van der Waals surface area (Å²) in [7, 11) is -0.837. The Balaban J connectivity index is 3.02. The molecule has 0 bridgehead atoms. The maximum Gasteiger partial charge on any atom is 0.251 e. The Hall–Kier alpha value is -1.67. The van der Waals surface area contributed by atoms with Crippen LogP contribution in [-0.4, -0.2) is 43.3 Å². The van der Waals surface area contributed by atoms with Gasteiger partial charge in [-0.05, 0) is 18.9 Å². The average molecular weight is 329 g/mol. The molecule has 0 spiro atoms. The van der Waals surface area contributed by atoms with Crippen LogP contribution in [0.5, 0.6) is 0 Å². The first kappa shape index (κ1) is 18.4. The highest BCUT2D eigenvalue weighted by atomic mass is 32.2. The van der Waals surface area contributed by atoms with Crippen LogP contribution in [0.25, 0.3) is 0 Å². The molecule has 1 aromatic heterocycles. The molecule has 124 valence electrons. The van der Waals surface area contributed by atoms with Crippen molar-refractivity contribution >= 4 is 15.9 Å². The Morgan fingerprint density at radius 2 is 1.86 bits per heavy atom. The zero-order valence-electron chi connectivity index (χ0n) is 13.5. The van der Waals surface area contributed by atoms with Crippen LogP contribution in [0.3, 0.4) is 0 Å². The molecule has 0 aliphatic carbocycles. The minimum atomic E-state index is -3.65. The van der Waals surface area contributed by atoms with Crippen LogP contribution in [0, 0.1) is 5.92 Å². The molecule has 0 aliphatic rings. The number of aromatic nitrogens is 1. The van der Waals surface area contributed by atoms with Crippen molar-refractivity contribution in [3.63, 3.8) is 0 Å². The molecule has 0 saturated heterocycles. The third kappa shape index (κ3) is 4.41. The van der Waals surface area contributed by atoms with Crippen molar-refractivity contribution in [1.29, 1.82) is 0 Å². The van der Waals surface area contributed by atoms with Gasteiger partial charge in [-0.2, -0.15) is 0 Å². The van der Waals surface area contributed by atoms with E-state index in [1.54, 1.807) is 0 Å². The summed E-state index contributed by atoms with van der Waals surface area (Å²) in [5.41, 5.74) is -0.426. The number of pyridine rings is 1. The van der Waals surface area contributed by atoms with Crippen molar-refractivity contribution in [3.8, 4) is 0 Å². The van der Waals surface area contributed by atoms with Crippen LogP contribution in [0.4, 0.5) is 0 Å². The van der Waals surface area contributed by atoms with E-state index in [1.807, 2.05) is 20.8 Å². The maximum atomic E-state index is 12.1. The van der Waals surface area contributed by atoms with E-state index >= 15 is 0 Å². The molecular formula is C14H23N3O4S. The molecule has 1 heterocycles. The summed E-state index contributed by atoms with van der Waals surface area (Å²) in [6.45, 7) is 5.60. The lowest BCUT2D eigenvalue weighted by atomic mass is 10.1. The van der Waals surface area contributed by atoms with E-state index in [0.717, 1.165) is 14.9 Å². The molecular weight excluding hydrogens is 306 g/mol. The van der Waals surface area contributed by atoms with Gasteiger partial charge in [-0.25, -0.2) is 12.7 Å². The number of rotatable bonds is 6. The number of nitrogens with zero attached hydrogens (tertiary/aromatic N) is 2. The lowest BCUT2D eigenvalue weighted by Crippen LogP contribution is -2.39. The van der Waals surface area contributed by atoms with Gasteiger partial charge >= 0.3 is 0 Å². The quantitative estimate of drug-likeness (QED) is 0.811. The number of hydrogen-bond acceptors (Lipinski definition) is 4. The predicted molar refractivity (Wildman–Crippen MR) is 84.0 cm³/mol. The van der Waals surface area contributed by atoms with Crippen molar-refractivity contribution in [2.75, 3.05) is 14.1 Å². The van der Waals surface area contributed by atoms with E-state index in [2.05, 4.69) is 5.32 Å². The SMILES string of the molecule is CC(C)[C@@H](C)NC(=O)Cn1cc(S(=O)(=O)N(C)C)ccc1=O. The van der Waals surface area contributed by atoms with Crippen molar-refractivity contribution in [2.24, 2.45) is 5.92 Å². The third-order valence-electron chi connectivity index (χ3n) is 3.44. The van der Waals surface area contributed by atoms with E-state index in [-0.39, 0.29) is 29.3 Å². The minimum Gasteiger partial charge on any atom is -0.352 e. The monoisotopic (exact) mass is 329 g/mol. The first-order chi connectivity index (χ1) is 10.1. The molecule has 8 heteroatoms. The van der Waals surface area contributed by atoms with E-state index < -0.39 is 15.6 Å². The summed E-state index contributed by atoms with van der Waals surface area (Å²) < 4.78 is 26.3. The van der Waals surface area contributed by atoms with Gasteiger partial charge in [-0.1, -0.05) is 13.8 Å². The van der Waals surface area contributed by atoms with Crippen LogP contribution >= 0.6 is 0 Å². The Bertz CT molecular complexity index is 692. The number of hydrogen-bond donors (Lipinski definition) is 1. The van der Waals surface area contributed by atoms with E-state index in [4.69, 9.17) is 0 Å². The zero-order valence-corrected chi connectivity index (χ0v) is 14.3. The van der Waals surface area contributed by atoms with Crippen molar-refractivity contribution in [1.82, 2.24) is 14.2 Å². The molecule has 0 radical (unpaired) electrons. The van der Waals surface area contributed by atoms with Crippen LogP contribution < -0.4 is 10.9 Å². The Morgan fingerprint density at radius 1 is 1.27 bits per heavy atom. The molecule has 0 unspecified atom stereocenters. The van der Waals surface area contributed by atoms with Crippen LogP contribution in [0.15, 0.2) is 28.0 Å². The van der Waals surface area contributed by atoms with Crippen LogP contribution in [0.1, 0.15) is 20.8 Å². The fraction of sp³-hybridized carbons (Fsp3) is 0.571. The molecule has 0 saturated carbocycles. The molecule has 0 aromatic carbocycles. The molecule has 0 aliphatic heterocycles. The zero-order chi connectivity index (χ0) is 17.1. The highest BCUT2D eigenvalue weighted by Crippen LogP contribution is 2.10. The summed E-state index contributed by atoms with van der Waals surface area (Å²) >= 11 is 0. The normalized spacial score (nSPS) is 13.4. The molecule has 1 N–H and O–H groups in total. The summed E-state index contributed by atoms with van der Waals surface area (Å²) in [6.07, 6.45) is 1.19. The van der Waals surface area contributed by atoms with Crippen LogP contribution in [-0.2, 0) is 21.4 Å². The summed E-state index contributed by atoms with van der Waals surface area (Å²) in [4.78, 5) is 23.7. The Kier molecular flexibility index (Phi) is 5.90. The van der Waals surface area contributed by atoms with E-state index in [9.17, 15) is 18.0 Å². The van der Waals surface area contributed by atoms with Gasteiger partial charge in [0, 0.05) is 32.4 Å². The Morgan fingerprint density at radius 3 is 2.36 bits per heavy atom. The fourth-order valence-corrected chi connectivity index (χ4v) is 2.54. The van der Waals surface area contributed by atoms with Crippen molar-refractivity contribution in [2.45, 2.75) is 38.3 Å². The van der Waals surface area contributed by atoms with E-state index in [1.165, 1.54) is 26.4 Å². The van der Waals surface area contributed by atoms with Gasteiger partial charge in [0.05, 0.1) is 4.90 Å². The van der Waals surface area contributed by atoms with Gasteiger partial charge in [-0.15, -0.1) is 0 Å². The number of nitrogens with one attached hydrogen (secondary N) is 1. The predicted octanol–water partition coefficient (Wildman–Crippen LogP) is 0.259. The standard InChI is InChI=1S/C14H23N3O4S/c1-10(2)11(3)15-13(18)9-17-8-12(6-7-14(17)19)22(20,21)16(4)5/h6-8,10-11H,9H2,1-5H3,(H,15,18)/t11-/m1/s1. The number of carbonyl (C=O) groups excluding carboxylic acids is 1. The summed E-state index contributed by atoms with van der Waals surface area (Å²) in [6, 6.07) is 2.36. The first-order valence-corrected chi connectivity index (χ1v) is 8.42. The lowest BCUT2D eigenvalue weighted by Gasteiger charge is -2.18.